The van der Waals surface area contributed by atoms with Crippen LogP contribution in [-0.2, 0) is 16.4 Å². The van der Waals surface area contributed by atoms with Gasteiger partial charge in [-0.05, 0) is 42.0 Å². The number of halogens is 4. The molecule has 0 amide bonds. The molecular weight excluding hydrogens is 414 g/mol. The summed E-state index contributed by atoms with van der Waals surface area (Å²) in [6, 6.07) is 9.88. The van der Waals surface area contributed by atoms with Crippen molar-refractivity contribution < 1.29 is 26.0 Å². The van der Waals surface area contributed by atoms with Crippen LogP contribution in [0.5, 0.6) is 0 Å². The zero-order valence-electron chi connectivity index (χ0n) is 14.5. The van der Waals surface area contributed by atoms with Gasteiger partial charge in [0.25, 0.3) is 9.84 Å². The molecular formula is C18H13F4N3O3S. The van der Waals surface area contributed by atoms with Crippen molar-refractivity contribution in [2.45, 2.75) is 16.9 Å². The van der Waals surface area contributed by atoms with Crippen molar-refractivity contribution in [3.63, 3.8) is 0 Å². The number of hydrogen-bond acceptors (Lipinski definition) is 5. The molecule has 0 atom stereocenters. The van der Waals surface area contributed by atoms with Gasteiger partial charge in [-0.3, -0.25) is 4.57 Å². The van der Waals surface area contributed by atoms with Gasteiger partial charge in [-0.15, -0.1) is 0 Å². The number of aromatic nitrogens is 2. The number of alkyl halides is 3. The lowest BCUT2D eigenvalue weighted by Crippen LogP contribution is -2.24. The summed E-state index contributed by atoms with van der Waals surface area (Å²) in [5, 5.41) is 2.57. The van der Waals surface area contributed by atoms with Crippen molar-refractivity contribution in [1.29, 1.82) is 0 Å². The Balaban J connectivity index is 1.96. The second-order valence-electron chi connectivity index (χ2n) is 5.95. The van der Waals surface area contributed by atoms with E-state index in [2.05, 4.69) is 10.3 Å². The Labute approximate surface area is 162 Å². The van der Waals surface area contributed by atoms with E-state index in [1.807, 2.05) is 0 Å². The normalized spacial score (nSPS) is 12.0. The van der Waals surface area contributed by atoms with Crippen LogP contribution in [0.1, 0.15) is 5.56 Å². The fourth-order valence-electron chi connectivity index (χ4n) is 2.55. The van der Waals surface area contributed by atoms with E-state index < -0.39 is 37.4 Å². The molecule has 11 heteroatoms. The quantitative estimate of drug-likeness (QED) is 0.631. The highest BCUT2D eigenvalue weighted by Gasteiger charge is 2.48. The first kappa shape index (κ1) is 20.5. The van der Waals surface area contributed by atoms with Crippen molar-refractivity contribution in [2.75, 3.05) is 5.32 Å². The summed E-state index contributed by atoms with van der Waals surface area (Å²) in [5.74, 6) is -1.12. The van der Waals surface area contributed by atoms with E-state index in [0.29, 0.717) is 11.6 Å². The molecule has 3 aromatic rings. The first-order chi connectivity index (χ1) is 13.6. The summed E-state index contributed by atoms with van der Waals surface area (Å²) >= 11 is 0. The molecule has 0 spiro atoms. The monoisotopic (exact) mass is 427 g/mol. The maximum Gasteiger partial charge on any atom is 0.501 e. The SMILES string of the molecule is O=c1ncccn1Cc1cccc(Nc2ccc(F)cc2S(=O)(=O)C(F)(F)F)c1. The van der Waals surface area contributed by atoms with E-state index in [1.165, 1.54) is 29.1 Å². The highest BCUT2D eigenvalue weighted by molar-refractivity contribution is 7.92. The third kappa shape index (κ3) is 4.45. The Bertz CT molecular complexity index is 1210. The maximum absolute atomic E-state index is 13.5. The highest BCUT2D eigenvalue weighted by atomic mass is 32.2. The average Bonchev–Trinajstić information content (AvgIpc) is 2.64. The van der Waals surface area contributed by atoms with Crippen LogP contribution >= 0.6 is 0 Å². The standard InChI is InChI=1S/C18H13F4N3O3S/c19-13-5-6-15(16(10-13)29(27,28)18(20,21)22)24-14-4-1-3-12(9-14)11-25-8-2-7-23-17(25)26/h1-10,24H,11H2. The minimum absolute atomic E-state index is 0.138. The minimum atomic E-state index is -5.77. The van der Waals surface area contributed by atoms with Crippen LogP contribution in [0.2, 0.25) is 0 Å². The Morgan fingerprint density at radius 1 is 1.07 bits per heavy atom. The van der Waals surface area contributed by atoms with Crippen molar-refractivity contribution in [1.82, 2.24) is 9.55 Å². The molecule has 0 bridgehead atoms. The molecule has 1 heterocycles. The van der Waals surface area contributed by atoms with E-state index in [0.717, 1.165) is 12.1 Å². The summed E-state index contributed by atoms with van der Waals surface area (Å²) in [6.45, 7) is 0.138. The molecule has 0 aliphatic rings. The highest BCUT2D eigenvalue weighted by Crippen LogP contribution is 2.36. The second-order valence-corrected chi connectivity index (χ2v) is 7.85. The van der Waals surface area contributed by atoms with E-state index in [1.54, 1.807) is 18.2 Å². The summed E-state index contributed by atoms with van der Waals surface area (Å²) in [7, 11) is -5.77. The molecule has 0 saturated carbocycles. The van der Waals surface area contributed by atoms with Crippen molar-refractivity contribution in [3.8, 4) is 0 Å². The van der Waals surface area contributed by atoms with Crippen molar-refractivity contribution in [3.05, 3.63) is 82.8 Å². The van der Waals surface area contributed by atoms with E-state index >= 15 is 0 Å². The molecule has 152 valence electrons. The molecule has 29 heavy (non-hydrogen) atoms. The largest absolute Gasteiger partial charge is 0.501 e. The smallest absolute Gasteiger partial charge is 0.354 e. The van der Waals surface area contributed by atoms with Crippen LogP contribution < -0.4 is 11.0 Å². The molecule has 0 unspecified atom stereocenters. The molecule has 1 N–H and O–H groups in total. The Morgan fingerprint density at radius 3 is 2.52 bits per heavy atom. The number of nitrogens with zero attached hydrogens (tertiary/aromatic N) is 2. The van der Waals surface area contributed by atoms with Gasteiger partial charge in [0.2, 0.25) is 0 Å². The fraction of sp³-hybridized carbons (Fsp3) is 0.111. The number of anilines is 2. The Kier molecular flexibility index (Phi) is 5.42. The van der Waals surface area contributed by atoms with Gasteiger partial charge in [-0.2, -0.15) is 13.2 Å². The van der Waals surface area contributed by atoms with E-state index in [4.69, 9.17) is 0 Å². The molecule has 1 aromatic heterocycles. The number of rotatable bonds is 5. The topological polar surface area (TPSA) is 81.1 Å². The van der Waals surface area contributed by atoms with Crippen LogP contribution in [0.15, 0.2) is 70.6 Å². The zero-order valence-corrected chi connectivity index (χ0v) is 15.3. The van der Waals surface area contributed by atoms with Gasteiger partial charge >= 0.3 is 11.2 Å². The molecule has 6 nitrogen and oxygen atoms in total. The van der Waals surface area contributed by atoms with Gasteiger partial charge in [0.15, 0.2) is 0 Å². The fourth-order valence-corrected chi connectivity index (χ4v) is 3.48. The van der Waals surface area contributed by atoms with Crippen molar-refractivity contribution in [2.24, 2.45) is 0 Å². The maximum atomic E-state index is 13.5. The molecule has 0 radical (unpaired) electrons. The predicted octanol–water partition coefficient (Wildman–Crippen LogP) is 3.47. The number of benzene rings is 2. The van der Waals surface area contributed by atoms with E-state index in [9.17, 15) is 30.8 Å². The van der Waals surface area contributed by atoms with Crippen LogP contribution in [0.4, 0.5) is 28.9 Å². The van der Waals surface area contributed by atoms with Crippen LogP contribution in [0, 0.1) is 5.82 Å². The summed E-state index contributed by atoms with van der Waals surface area (Å²) in [6.07, 6.45) is 2.86. The van der Waals surface area contributed by atoms with Gasteiger partial charge in [0.1, 0.15) is 10.7 Å². The molecule has 0 aliphatic carbocycles. The molecule has 0 saturated heterocycles. The van der Waals surface area contributed by atoms with Gasteiger partial charge < -0.3 is 5.32 Å². The van der Waals surface area contributed by atoms with Crippen LogP contribution in [0.25, 0.3) is 0 Å². The molecule has 0 fully saturated rings. The summed E-state index contributed by atoms with van der Waals surface area (Å²) in [5.41, 5.74) is -5.64. The lowest BCUT2D eigenvalue weighted by atomic mass is 10.2. The number of nitrogens with one attached hydrogen (secondary N) is 1. The average molecular weight is 427 g/mol. The third-order valence-electron chi connectivity index (χ3n) is 3.88. The van der Waals surface area contributed by atoms with Gasteiger partial charge in [-0.1, -0.05) is 12.1 Å². The first-order valence-corrected chi connectivity index (χ1v) is 9.54. The minimum Gasteiger partial charge on any atom is -0.354 e. The van der Waals surface area contributed by atoms with E-state index in [-0.39, 0.29) is 12.2 Å². The van der Waals surface area contributed by atoms with Crippen LogP contribution in [0.3, 0.4) is 0 Å². The lowest BCUT2D eigenvalue weighted by Gasteiger charge is -2.15. The zero-order chi connectivity index (χ0) is 21.2. The van der Waals surface area contributed by atoms with Crippen molar-refractivity contribution >= 4 is 21.2 Å². The van der Waals surface area contributed by atoms with Gasteiger partial charge in [0, 0.05) is 18.1 Å². The lowest BCUT2D eigenvalue weighted by molar-refractivity contribution is -0.0435. The molecule has 0 aliphatic heterocycles. The Morgan fingerprint density at radius 2 is 1.83 bits per heavy atom. The second kappa shape index (κ2) is 7.66. The molecule has 3 rings (SSSR count). The summed E-state index contributed by atoms with van der Waals surface area (Å²) < 4.78 is 77.2. The third-order valence-corrected chi connectivity index (χ3v) is 5.41. The number of sulfone groups is 1. The Hall–Kier alpha value is -3.21. The first-order valence-electron chi connectivity index (χ1n) is 8.06. The van der Waals surface area contributed by atoms with Gasteiger partial charge in [-0.25, -0.2) is 22.6 Å². The summed E-state index contributed by atoms with van der Waals surface area (Å²) in [4.78, 5) is 14.1. The van der Waals surface area contributed by atoms with Gasteiger partial charge in [0.05, 0.1) is 12.2 Å². The number of hydrogen-bond donors (Lipinski definition) is 1. The predicted molar refractivity (Wildman–Crippen MR) is 97.0 cm³/mol. The van der Waals surface area contributed by atoms with Crippen LogP contribution in [-0.4, -0.2) is 23.5 Å². The molecule has 2 aromatic carbocycles.